The highest BCUT2D eigenvalue weighted by Crippen LogP contribution is 2.33. The molecular formula is C12H15NO3. The first-order valence-electron chi connectivity index (χ1n) is 5.24. The second-order valence-corrected chi connectivity index (χ2v) is 4.29. The number of anilines is 1. The average Bonchev–Trinajstić information content (AvgIpc) is 2.27. The average molecular weight is 221 g/mol. The SMILES string of the molecule is COC(=O)C1(C)CCc2ccc(O)cc2N1. The monoisotopic (exact) mass is 221 g/mol. The summed E-state index contributed by atoms with van der Waals surface area (Å²) in [6.07, 6.45) is 1.49. The molecule has 1 unspecified atom stereocenters. The summed E-state index contributed by atoms with van der Waals surface area (Å²) in [5.41, 5.74) is 1.22. The van der Waals surface area contributed by atoms with Crippen molar-refractivity contribution in [3.63, 3.8) is 0 Å². The highest BCUT2D eigenvalue weighted by molar-refractivity contribution is 5.85. The topological polar surface area (TPSA) is 58.6 Å². The van der Waals surface area contributed by atoms with Gasteiger partial charge < -0.3 is 15.2 Å². The van der Waals surface area contributed by atoms with Gasteiger partial charge in [-0.2, -0.15) is 0 Å². The molecule has 0 aromatic heterocycles. The summed E-state index contributed by atoms with van der Waals surface area (Å²) in [5.74, 6) is -0.0816. The van der Waals surface area contributed by atoms with E-state index in [1.54, 1.807) is 12.1 Å². The van der Waals surface area contributed by atoms with E-state index in [9.17, 15) is 9.90 Å². The molecule has 1 atom stereocenters. The quantitative estimate of drug-likeness (QED) is 0.708. The van der Waals surface area contributed by atoms with Crippen molar-refractivity contribution in [3.05, 3.63) is 23.8 Å². The second kappa shape index (κ2) is 3.70. The molecule has 2 rings (SSSR count). The molecule has 0 fully saturated rings. The van der Waals surface area contributed by atoms with Crippen LogP contribution in [0.1, 0.15) is 18.9 Å². The van der Waals surface area contributed by atoms with Gasteiger partial charge in [-0.25, -0.2) is 4.79 Å². The predicted octanol–water partition coefficient (Wildman–Crippen LogP) is 1.68. The van der Waals surface area contributed by atoms with E-state index in [0.717, 1.165) is 17.7 Å². The van der Waals surface area contributed by atoms with E-state index in [1.165, 1.54) is 7.11 Å². The Morgan fingerprint density at radius 1 is 1.56 bits per heavy atom. The fraction of sp³-hybridized carbons (Fsp3) is 0.417. The van der Waals surface area contributed by atoms with Gasteiger partial charge in [-0.15, -0.1) is 0 Å². The first-order chi connectivity index (χ1) is 7.55. The van der Waals surface area contributed by atoms with Gasteiger partial charge in [-0.3, -0.25) is 0 Å². The molecule has 4 heteroatoms. The standard InChI is InChI=1S/C12H15NO3/c1-12(11(15)16-2)6-5-8-3-4-9(14)7-10(8)13-12/h3-4,7,13-14H,5-6H2,1-2H3. The van der Waals surface area contributed by atoms with Crippen LogP contribution in [0.25, 0.3) is 0 Å². The molecule has 16 heavy (non-hydrogen) atoms. The first kappa shape index (κ1) is 10.8. The number of methoxy groups -OCH3 is 1. The molecule has 0 amide bonds. The van der Waals surface area contributed by atoms with Crippen LogP contribution in [-0.2, 0) is 16.0 Å². The van der Waals surface area contributed by atoms with Gasteiger partial charge in [-0.1, -0.05) is 6.07 Å². The Bertz CT molecular complexity index is 430. The third kappa shape index (κ3) is 1.71. The minimum absolute atomic E-state index is 0.195. The van der Waals surface area contributed by atoms with Gasteiger partial charge >= 0.3 is 5.97 Å². The number of nitrogens with one attached hydrogen (secondary N) is 1. The van der Waals surface area contributed by atoms with Crippen LogP contribution in [0.4, 0.5) is 5.69 Å². The molecule has 1 aromatic rings. The van der Waals surface area contributed by atoms with Gasteiger partial charge in [-0.05, 0) is 31.4 Å². The fourth-order valence-electron chi connectivity index (χ4n) is 2.02. The summed E-state index contributed by atoms with van der Waals surface area (Å²) in [7, 11) is 1.38. The van der Waals surface area contributed by atoms with Crippen molar-refractivity contribution in [1.82, 2.24) is 0 Å². The number of carbonyl (C=O) groups excluding carboxylic acids is 1. The molecular weight excluding hydrogens is 206 g/mol. The summed E-state index contributed by atoms with van der Waals surface area (Å²) in [5, 5.41) is 12.5. The number of ether oxygens (including phenoxy) is 1. The lowest BCUT2D eigenvalue weighted by atomic mass is 9.88. The molecule has 4 nitrogen and oxygen atoms in total. The first-order valence-corrected chi connectivity index (χ1v) is 5.24. The summed E-state index contributed by atoms with van der Waals surface area (Å²) >= 11 is 0. The molecule has 2 N–H and O–H groups in total. The largest absolute Gasteiger partial charge is 0.508 e. The molecule has 0 aliphatic carbocycles. The van der Waals surface area contributed by atoms with Crippen molar-refractivity contribution in [2.75, 3.05) is 12.4 Å². The van der Waals surface area contributed by atoms with E-state index in [4.69, 9.17) is 4.74 Å². The zero-order valence-electron chi connectivity index (χ0n) is 9.41. The number of hydrogen-bond donors (Lipinski definition) is 2. The number of rotatable bonds is 1. The summed E-state index contributed by atoms with van der Waals surface area (Å²) in [6.45, 7) is 1.81. The van der Waals surface area contributed by atoms with Gasteiger partial charge in [0.25, 0.3) is 0 Å². The molecule has 1 aliphatic rings. The van der Waals surface area contributed by atoms with Gasteiger partial charge in [0.2, 0.25) is 0 Å². The molecule has 0 saturated carbocycles. The lowest BCUT2D eigenvalue weighted by molar-refractivity contribution is -0.145. The number of esters is 1. The number of hydrogen-bond acceptors (Lipinski definition) is 4. The van der Waals surface area contributed by atoms with Crippen LogP contribution in [0.3, 0.4) is 0 Å². The number of phenols is 1. The smallest absolute Gasteiger partial charge is 0.331 e. The second-order valence-electron chi connectivity index (χ2n) is 4.29. The Kier molecular flexibility index (Phi) is 2.50. The summed E-state index contributed by atoms with van der Waals surface area (Å²) < 4.78 is 4.77. The van der Waals surface area contributed by atoms with Crippen molar-refractivity contribution in [1.29, 1.82) is 0 Å². The van der Waals surface area contributed by atoms with Crippen molar-refractivity contribution in [3.8, 4) is 5.75 Å². The maximum absolute atomic E-state index is 11.6. The molecule has 1 heterocycles. The number of aryl methyl sites for hydroxylation is 1. The zero-order chi connectivity index (χ0) is 11.8. The van der Waals surface area contributed by atoms with Crippen LogP contribution in [0.5, 0.6) is 5.75 Å². The van der Waals surface area contributed by atoms with Crippen LogP contribution in [0, 0.1) is 0 Å². The lowest BCUT2D eigenvalue weighted by Gasteiger charge is -2.34. The van der Waals surface area contributed by atoms with E-state index in [0.29, 0.717) is 6.42 Å². The van der Waals surface area contributed by atoms with Crippen molar-refractivity contribution >= 4 is 11.7 Å². The highest BCUT2D eigenvalue weighted by Gasteiger charge is 2.37. The minimum Gasteiger partial charge on any atom is -0.508 e. The molecule has 0 radical (unpaired) electrons. The lowest BCUT2D eigenvalue weighted by Crippen LogP contribution is -2.46. The van der Waals surface area contributed by atoms with E-state index in [-0.39, 0.29) is 11.7 Å². The summed E-state index contributed by atoms with van der Waals surface area (Å²) in [6, 6.07) is 5.16. The Labute approximate surface area is 94.2 Å². The molecule has 0 bridgehead atoms. The number of carbonyl (C=O) groups is 1. The predicted molar refractivity (Wildman–Crippen MR) is 60.5 cm³/mol. The van der Waals surface area contributed by atoms with E-state index >= 15 is 0 Å². The molecule has 1 aliphatic heterocycles. The Morgan fingerprint density at radius 2 is 2.31 bits per heavy atom. The van der Waals surface area contributed by atoms with Gasteiger partial charge in [0, 0.05) is 11.8 Å². The molecule has 0 saturated heterocycles. The van der Waals surface area contributed by atoms with Crippen LogP contribution in [-0.4, -0.2) is 23.7 Å². The van der Waals surface area contributed by atoms with Gasteiger partial charge in [0.15, 0.2) is 0 Å². The number of aromatic hydroxyl groups is 1. The number of fused-ring (bicyclic) bond motifs is 1. The van der Waals surface area contributed by atoms with E-state index in [1.807, 2.05) is 13.0 Å². The normalized spacial score (nSPS) is 23.1. The Hall–Kier alpha value is -1.71. The third-order valence-electron chi connectivity index (χ3n) is 3.03. The Balaban J connectivity index is 2.32. The van der Waals surface area contributed by atoms with Gasteiger partial charge in [0.05, 0.1) is 7.11 Å². The van der Waals surface area contributed by atoms with E-state index < -0.39 is 5.54 Å². The highest BCUT2D eigenvalue weighted by atomic mass is 16.5. The van der Waals surface area contributed by atoms with E-state index in [2.05, 4.69) is 5.32 Å². The zero-order valence-corrected chi connectivity index (χ0v) is 9.41. The molecule has 1 aromatic carbocycles. The van der Waals surface area contributed by atoms with Crippen molar-refractivity contribution in [2.24, 2.45) is 0 Å². The van der Waals surface area contributed by atoms with Crippen molar-refractivity contribution < 1.29 is 14.6 Å². The van der Waals surface area contributed by atoms with Crippen LogP contribution < -0.4 is 5.32 Å². The minimum atomic E-state index is -0.699. The fourth-order valence-corrected chi connectivity index (χ4v) is 2.02. The maximum Gasteiger partial charge on any atom is 0.331 e. The van der Waals surface area contributed by atoms with Crippen LogP contribution in [0.2, 0.25) is 0 Å². The van der Waals surface area contributed by atoms with Crippen molar-refractivity contribution in [2.45, 2.75) is 25.3 Å². The summed E-state index contributed by atoms with van der Waals surface area (Å²) in [4.78, 5) is 11.6. The Morgan fingerprint density at radius 3 is 3.00 bits per heavy atom. The molecule has 0 spiro atoms. The number of benzene rings is 1. The van der Waals surface area contributed by atoms with Crippen LogP contribution in [0.15, 0.2) is 18.2 Å². The third-order valence-corrected chi connectivity index (χ3v) is 3.03. The number of phenolic OH excluding ortho intramolecular Hbond substituents is 1. The van der Waals surface area contributed by atoms with Gasteiger partial charge in [0.1, 0.15) is 11.3 Å². The maximum atomic E-state index is 11.6. The molecule has 86 valence electrons. The van der Waals surface area contributed by atoms with Crippen LogP contribution >= 0.6 is 0 Å².